The van der Waals surface area contributed by atoms with Crippen molar-refractivity contribution in [2.24, 2.45) is 11.7 Å². The van der Waals surface area contributed by atoms with Gasteiger partial charge in [0.05, 0.1) is 34.0 Å². The molecule has 42 heavy (non-hydrogen) atoms. The average molecular weight is 591 g/mol. The summed E-state index contributed by atoms with van der Waals surface area (Å²) in [6.45, 7) is 0.166. The van der Waals surface area contributed by atoms with Crippen LogP contribution < -0.4 is 16.4 Å². The van der Waals surface area contributed by atoms with Gasteiger partial charge in [0, 0.05) is 26.3 Å². The number of hydrogen-bond acceptors (Lipinski definition) is 6. The topological polar surface area (TPSA) is 133 Å². The van der Waals surface area contributed by atoms with Crippen LogP contribution in [0.1, 0.15) is 48.8 Å². The van der Waals surface area contributed by atoms with Gasteiger partial charge >= 0.3 is 6.03 Å². The van der Waals surface area contributed by atoms with Gasteiger partial charge < -0.3 is 20.7 Å². The van der Waals surface area contributed by atoms with E-state index in [-0.39, 0.29) is 30.6 Å². The van der Waals surface area contributed by atoms with Crippen LogP contribution in [0, 0.1) is 23.1 Å². The molecular formula is C31H32ClFN6O3. The number of nitrogens with one attached hydrogen (secondary N) is 2. The fraction of sp³-hybridized carbons (Fsp3) is 0.355. The van der Waals surface area contributed by atoms with Crippen molar-refractivity contribution < 1.29 is 18.7 Å². The first-order valence-electron chi connectivity index (χ1n) is 13.8. The molecule has 0 bridgehead atoms. The van der Waals surface area contributed by atoms with Gasteiger partial charge in [0.25, 0.3) is 0 Å². The number of methoxy groups -OCH3 is 1. The van der Waals surface area contributed by atoms with E-state index in [1.807, 2.05) is 6.07 Å². The Hall–Kier alpha value is -4.04. The van der Waals surface area contributed by atoms with Gasteiger partial charge in [-0.15, -0.1) is 0 Å². The summed E-state index contributed by atoms with van der Waals surface area (Å²) in [5.74, 6) is -0.320. The average Bonchev–Trinajstić information content (AvgIpc) is 3.73. The van der Waals surface area contributed by atoms with Crippen molar-refractivity contribution in [1.29, 1.82) is 5.26 Å². The summed E-state index contributed by atoms with van der Waals surface area (Å²) in [5, 5.41) is 15.2. The second kappa shape index (κ2) is 12.4. The zero-order valence-electron chi connectivity index (χ0n) is 23.1. The number of carbonyl (C=O) groups excluding carboxylic acids is 2. The van der Waals surface area contributed by atoms with Crippen molar-refractivity contribution in [1.82, 2.24) is 9.88 Å². The van der Waals surface area contributed by atoms with Gasteiger partial charge in [-0.1, -0.05) is 42.6 Å². The van der Waals surface area contributed by atoms with Gasteiger partial charge in [-0.05, 0) is 66.3 Å². The first kappa shape index (κ1) is 29.5. The van der Waals surface area contributed by atoms with E-state index in [1.165, 1.54) is 24.3 Å². The van der Waals surface area contributed by atoms with E-state index < -0.39 is 29.3 Å². The summed E-state index contributed by atoms with van der Waals surface area (Å²) in [6, 6.07) is 15.4. The zero-order valence-corrected chi connectivity index (χ0v) is 23.9. The van der Waals surface area contributed by atoms with Crippen molar-refractivity contribution in [3.05, 3.63) is 88.3 Å². The van der Waals surface area contributed by atoms with Crippen molar-refractivity contribution in [2.45, 2.75) is 49.8 Å². The number of anilines is 2. The number of amides is 3. The fourth-order valence-corrected chi connectivity index (χ4v) is 5.46. The predicted octanol–water partition coefficient (Wildman–Crippen LogP) is 5.40. The van der Waals surface area contributed by atoms with E-state index in [2.05, 4.69) is 21.7 Å². The van der Waals surface area contributed by atoms with Crippen molar-refractivity contribution in [3.63, 3.8) is 0 Å². The lowest BCUT2D eigenvalue weighted by Gasteiger charge is -2.32. The molecular weight excluding hydrogens is 559 g/mol. The highest BCUT2D eigenvalue weighted by Crippen LogP contribution is 2.40. The number of urea groups is 1. The van der Waals surface area contributed by atoms with Crippen LogP contribution in [0.25, 0.3) is 0 Å². The van der Waals surface area contributed by atoms with Crippen LogP contribution in [0.15, 0.2) is 60.8 Å². The molecule has 2 aromatic carbocycles. The predicted molar refractivity (Wildman–Crippen MR) is 157 cm³/mol. The highest BCUT2D eigenvalue weighted by molar-refractivity contribution is 6.30. The molecule has 1 aromatic heterocycles. The van der Waals surface area contributed by atoms with E-state index in [0.717, 1.165) is 24.8 Å². The molecule has 218 valence electrons. The number of ether oxygens (including phenoxy) is 1. The molecule has 9 nitrogen and oxygen atoms in total. The maximum absolute atomic E-state index is 15.1. The Bertz CT molecular complexity index is 1510. The molecule has 1 aliphatic carbocycles. The smallest absolute Gasteiger partial charge is 0.323 e. The molecule has 1 saturated heterocycles. The van der Waals surface area contributed by atoms with Crippen LogP contribution in [0.2, 0.25) is 5.02 Å². The highest BCUT2D eigenvalue weighted by atomic mass is 35.5. The third-order valence-electron chi connectivity index (χ3n) is 8.01. The molecule has 0 radical (unpaired) electrons. The maximum Gasteiger partial charge on any atom is 0.323 e. The van der Waals surface area contributed by atoms with Crippen LogP contribution in [-0.2, 0) is 15.1 Å². The summed E-state index contributed by atoms with van der Waals surface area (Å²) < 4.78 is 20.6. The van der Waals surface area contributed by atoms with Gasteiger partial charge in [-0.2, -0.15) is 5.26 Å². The Labute approximate surface area is 248 Å². The molecule has 3 atom stereocenters. The Kier molecular flexibility index (Phi) is 8.73. The van der Waals surface area contributed by atoms with E-state index in [1.54, 1.807) is 42.5 Å². The van der Waals surface area contributed by atoms with Crippen molar-refractivity contribution in [2.75, 3.05) is 24.3 Å². The second-order valence-electron chi connectivity index (χ2n) is 10.9. The normalized spacial score (nSPS) is 19.5. The molecule has 2 heterocycles. The number of nitriles is 1. The van der Waals surface area contributed by atoms with E-state index in [9.17, 15) is 14.9 Å². The standard InChI is InChI=1S/C31H32ClFN6O3/c1-42-24-15-27(39(18-24)30(41)38-28-10-8-23(32)17-36-28)29(40)37-26-14-22(7-9-25(26)33)31(35,12-11-19-5-6-19)21-4-2-3-20(13-21)16-34/h2-4,7-10,13-14,17,19,24,27H,5-6,11-12,15,18,35H2,1H3,(H,37,40)(H,36,38,41)/t24-,27-,31?/m1/s1. The molecule has 2 aliphatic rings. The van der Waals surface area contributed by atoms with Gasteiger partial charge in [0.1, 0.15) is 17.7 Å². The number of likely N-dealkylation sites (tertiary alicyclic amines) is 1. The van der Waals surface area contributed by atoms with Crippen molar-refractivity contribution >= 4 is 35.0 Å². The monoisotopic (exact) mass is 590 g/mol. The molecule has 4 N–H and O–H groups in total. The minimum Gasteiger partial charge on any atom is -0.380 e. The largest absolute Gasteiger partial charge is 0.380 e. The number of nitrogens with two attached hydrogens (primary N) is 1. The molecule has 11 heteroatoms. The first-order chi connectivity index (χ1) is 20.2. The third-order valence-corrected chi connectivity index (χ3v) is 8.24. The van der Waals surface area contributed by atoms with Gasteiger partial charge in [0.2, 0.25) is 5.91 Å². The van der Waals surface area contributed by atoms with Crippen LogP contribution in [0.5, 0.6) is 0 Å². The van der Waals surface area contributed by atoms with Crippen LogP contribution in [0.3, 0.4) is 0 Å². The minimum absolute atomic E-state index is 0.0456. The Morgan fingerprint density at radius 2 is 1.98 bits per heavy atom. The number of nitrogens with zero attached hydrogens (tertiary/aromatic N) is 3. The number of benzene rings is 2. The van der Waals surface area contributed by atoms with Crippen LogP contribution in [-0.4, -0.2) is 47.6 Å². The van der Waals surface area contributed by atoms with E-state index in [4.69, 9.17) is 22.1 Å². The van der Waals surface area contributed by atoms with Crippen LogP contribution >= 0.6 is 11.6 Å². The fourth-order valence-electron chi connectivity index (χ4n) is 5.35. The minimum atomic E-state index is -1.01. The lowest BCUT2D eigenvalue weighted by molar-refractivity contribution is -0.119. The zero-order chi connectivity index (χ0) is 29.9. The second-order valence-corrected chi connectivity index (χ2v) is 11.3. The number of rotatable bonds is 9. The Morgan fingerprint density at radius 1 is 1.19 bits per heavy atom. The Morgan fingerprint density at radius 3 is 2.67 bits per heavy atom. The highest BCUT2D eigenvalue weighted by Gasteiger charge is 2.40. The van der Waals surface area contributed by atoms with Gasteiger partial charge in [-0.25, -0.2) is 14.2 Å². The van der Waals surface area contributed by atoms with Crippen molar-refractivity contribution in [3.8, 4) is 6.07 Å². The summed E-state index contributed by atoms with van der Waals surface area (Å²) in [5.41, 5.74) is 7.83. The molecule has 3 aromatic rings. The lowest BCUT2D eigenvalue weighted by Crippen LogP contribution is -2.45. The molecule has 1 aliphatic heterocycles. The molecule has 2 fully saturated rings. The number of pyridine rings is 1. The number of carbonyl (C=O) groups is 2. The summed E-state index contributed by atoms with van der Waals surface area (Å²) in [4.78, 5) is 32.1. The summed E-state index contributed by atoms with van der Waals surface area (Å²) in [6.07, 6.45) is 5.04. The van der Waals surface area contributed by atoms with E-state index in [0.29, 0.717) is 28.5 Å². The SMILES string of the molecule is CO[C@@H]1C[C@H](C(=O)Nc2cc(C(N)(CCC3CC3)c3cccc(C#N)c3)ccc2F)N(C(=O)Nc2ccc(Cl)cn2)C1. The van der Waals surface area contributed by atoms with Crippen LogP contribution in [0.4, 0.5) is 20.7 Å². The van der Waals surface area contributed by atoms with Gasteiger partial charge in [0.15, 0.2) is 0 Å². The summed E-state index contributed by atoms with van der Waals surface area (Å²) in [7, 11) is 1.51. The maximum atomic E-state index is 15.1. The molecule has 5 rings (SSSR count). The molecule has 1 unspecified atom stereocenters. The Balaban J connectivity index is 1.39. The van der Waals surface area contributed by atoms with E-state index >= 15 is 4.39 Å². The number of aromatic nitrogens is 1. The molecule has 0 spiro atoms. The lowest BCUT2D eigenvalue weighted by atomic mass is 9.79. The quantitative estimate of drug-likeness (QED) is 0.306. The number of hydrogen-bond donors (Lipinski definition) is 3. The molecule has 3 amide bonds. The van der Waals surface area contributed by atoms with Gasteiger partial charge in [-0.3, -0.25) is 10.1 Å². The number of halogens is 2. The molecule has 1 saturated carbocycles. The summed E-state index contributed by atoms with van der Waals surface area (Å²) >= 11 is 5.88. The third kappa shape index (κ3) is 6.54. The first-order valence-corrected chi connectivity index (χ1v) is 14.2.